The van der Waals surface area contributed by atoms with Gasteiger partial charge in [-0.2, -0.15) is 0 Å². The van der Waals surface area contributed by atoms with Crippen LogP contribution in [-0.4, -0.2) is 61.6 Å². The van der Waals surface area contributed by atoms with Crippen molar-refractivity contribution in [2.75, 3.05) is 13.2 Å². The molecule has 3 fully saturated rings. The first-order valence-electron chi connectivity index (χ1n) is 19.6. The van der Waals surface area contributed by atoms with Crippen LogP contribution in [0.3, 0.4) is 0 Å². The van der Waals surface area contributed by atoms with Crippen molar-refractivity contribution in [3.8, 4) is 0 Å². The fraction of sp³-hybridized carbons (Fsp3) is 0.362. The Morgan fingerprint density at radius 2 is 1.20 bits per heavy atom. The van der Waals surface area contributed by atoms with E-state index in [0.717, 1.165) is 27.1 Å². The zero-order valence-corrected chi connectivity index (χ0v) is 32.5. The van der Waals surface area contributed by atoms with Gasteiger partial charge in [-0.25, -0.2) is 0 Å². The molecule has 9 heteroatoms. The third-order valence-corrected chi connectivity index (χ3v) is 11.4. The maximum absolute atomic E-state index is 7.05. The SMILES string of the molecule is Cc1ccc(S[C@H]2C[C@@H](OCc3ccccc3)[C@@H](O[C@@H]3C[C@@H](OCc4ccccc4)[C@H]4OC(c5ccccc5)OC[C@H]4O3)[C@@H](COCc3ccccc3)O2)cc1. The van der Waals surface area contributed by atoms with Crippen LogP contribution in [0.1, 0.15) is 46.9 Å². The molecule has 3 heterocycles. The first-order valence-corrected chi connectivity index (χ1v) is 20.5. The number of hydrogen-bond acceptors (Lipinski definition) is 9. The van der Waals surface area contributed by atoms with Gasteiger partial charge in [-0.3, -0.25) is 0 Å². The summed E-state index contributed by atoms with van der Waals surface area (Å²) in [5.74, 6) is 0. The van der Waals surface area contributed by atoms with Gasteiger partial charge in [0.05, 0.1) is 45.2 Å². The summed E-state index contributed by atoms with van der Waals surface area (Å²) in [4.78, 5) is 1.14. The lowest BCUT2D eigenvalue weighted by molar-refractivity contribution is -0.357. The van der Waals surface area contributed by atoms with Gasteiger partial charge in [0.1, 0.15) is 29.9 Å². The average Bonchev–Trinajstić information content (AvgIpc) is 3.25. The maximum Gasteiger partial charge on any atom is 0.184 e. The summed E-state index contributed by atoms with van der Waals surface area (Å²) in [5, 5.41) is 0. The van der Waals surface area contributed by atoms with Crippen molar-refractivity contribution < 1.29 is 37.9 Å². The highest BCUT2D eigenvalue weighted by Gasteiger charge is 2.48. The number of hydrogen-bond donors (Lipinski definition) is 0. The molecule has 0 saturated carbocycles. The zero-order chi connectivity index (χ0) is 37.9. The molecule has 0 aliphatic carbocycles. The second-order valence-corrected chi connectivity index (χ2v) is 15.8. The summed E-state index contributed by atoms with van der Waals surface area (Å²) in [6.07, 6.45) is -2.41. The molecule has 1 unspecified atom stereocenters. The van der Waals surface area contributed by atoms with Crippen LogP contribution in [0, 0.1) is 6.92 Å². The molecule has 8 nitrogen and oxygen atoms in total. The highest BCUT2D eigenvalue weighted by atomic mass is 32.2. The standard InChI is InChI=1S/C47H50O8S/c1-33-22-24-38(25-23-33)56-44-27-40(50-30-36-18-10-4-11-19-36)45(41(53-44)31-48-28-34-14-6-2-7-15-34)54-43-26-39(49-29-35-16-8-3-9-17-35)46-42(52-43)32-51-47(55-46)37-20-12-5-13-21-37/h2-25,39-47H,26-32H2,1H3/t39-,40-,41-,42-,43-,44+,45-,46-,47?/m1/s1. The fourth-order valence-electron chi connectivity index (χ4n) is 7.41. The first-order chi connectivity index (χ1) is 27.6. The van der Waals surface area contributed by atoms with E-state index in [0.29, 0.717) is 45.9 Å². The summed E-state index contributed by atoms with van der Waals surface area (Å²) in [6, 6.07) is 49.2. The molecule has 3 aliphatic rings. The van der Waals surface area contributed by atoms with Gasteiger partial charge in [0.25, 0.3) is 0 Å². The number of ether oxygens (including phenoxy) is 8. The van der Waals surface area contributed by atoms with E-state index < -0.39 is 30.9 Å². The molecule has 5 aromatic rings. The van der Waals surface area contributed by atoms with Crippen molar-refractivity contribution in [1.82, 2.24) is 0 Å². The minimum absolute atomic E-state index is 0.183. The predicted octanol–water partition coefficient (Wildman–Crippen LogP) is 9.20. The molecule has 56 heavy (non-hydrogen) atoms. The lowest BCUT2D eigenvalue weighted by atomic mass is 9.98. The van der Waals surface area contributed by atoms with E-state index in [1.807, 2.05) is 84.9 Å². The Labute approximate surface area is 334 Å². The van der Waals surface area contributed by atoms with E-state index in [4.69, 9.17) is 37.9 Å². The van der Waals surface area contributed by atoms with Gasteiger partial charge in [-0.05, 0) is 35.7 Å². The van der Waals surface area contributed by atoms with Crippen molar-refractivity contribution >= 4 is 11.8 Å². The molecule has 9 atom stereocenters. The summed E-state index contributed by atoms with van der Waals surface area (Å²) in [5.41, 5.74) is 5.26. The highest BCUT2D eigenvalue weighted by Crippen LogP contribution is 2.40. The quantitative estimate of drug-likeness (QED) is 0.104. The van der Waals surface area contributed by atoms with Gasteiger partial charge in [-0.15, -0.1) is 0 Å². The van der Waals surface area contributed by atoms with Crippen LogP contribution in [0.5, 0.6) is 0 Å². The number of benzene rings is 5. The van der Waals surface area contributed by atoms with Crippen LogP contribution in [0.2, 0.25) is 0 Å². The van der Waals surface area contributed by atoms with Gasteiger partial charge in [-0.1, -0.05) is 151 Å². The average molecular weight is 775 g/mol. The monoisotopic (exact) mass is 774 g/mol. The molecule has 0 N–H and O–H groups in total. The Morgan fingerprint density at radius 1 is 0.607 bits per heavy atom. The molecule has 0 radical (unpaired) electrons. The Bertz CT molecular complexity index is 1880. The van der Waals surface area contributed by atoms with Crippen molar-refractivity contribution in [3.05, 3.63) is 173 Å². The van der Waals surface area contributed by atoms with Crippen molar-refractivity contribution in [3.63, 3.8) is 0 Å². The van der Waals surface area contributed by atoms with Gasteiger partial charge >= 0.3 is 0 Å². The Kier molecular flexibility index (Phi) is 13.6. The van der Waals surface area contributed by atoms with Gasteiger partial charge < -0.3 is 37.9 Å². The smallest absolute Gasteiger partial charge is 0.184 e. The van der Waals surface area contributed by atoms with Gasteiger partial charge in [0.2, 0.25) is 0 Å². The van der Waals surface area contributed by atoms with E-state index in [2.05, 4.69) is 67.6 Å². The topological polar surface area (TPSA) is 73.8 Å². The fourth-order valence-corrected chi connectivity index (χ4v) is 8.49. The molecule has 0 amide bonds. The van der Waals surface area contributed by atoms with Crippen molar-refractivity contribution in [2.45, 2.75) is 99.1 Å². The summed E-state index contributed by atoms with van der Waals surface area (Å²) in [6.45, 7) is 4.07. The second-order valence-electron chi connectivity index (χ2n) is 14.6. The Morgan fingerprint density at radius 3 is 1.84 bits per heavy atom. The van der Waals surface area contributed by atoms with E-state index in [-0.39, 0.29) is 23.7 Å². The normalized spacial score (nSPS) is 27.7. The van der Waals surface area contributed by atoms with Crippen LogP contribution in [0.15, 0.2) is 150 Å². The second kappa shape index (κ2) is 19.5. The van der Waals surface area contributed by atoms with Crippen molar-refractivity contribution in [1.29, 1.82) is 0 Å². The minimum atomic E-state index is -0.633. The van der Waals surface area contributed by atoms with Gasteiger partial charge in [0.15, 0.2) is 12.6 Å². The lowest BCUT2D eigenvalue weighted by Gasteiger charge is -2.48. The molecule has 0 aromatic heterocycles. The Hall–Kier alpha value is -3.87. The molecule has 292 valence electrons. The predicted molar refractivity (Wildman–Crippen MR) is 215 cm³/mol. The van der Waals surface area contributed by atoms with E-state index in [9.17, 15) is 0 Å². The summed E-state index contributed by atoms with van der Waals surface area (Å²) < 4.78 is 53.4. The Balaban J connectivity index is 1.04. The maximum atomic E-state index is 7.05. The molecule has 3 saturated heterocycles. The molecule has 8 rings (SSSR count). The summed E-state index contributed by atoms with van der Waals surface area (Å²) in [7, 11) is 0. The molecule has 0 bridgehead atoms. The molecular weight excluding hydrogens is 725 g/mol. The van der Waals surface area contributed by atoms with Crippen LogP contribution >= 0.6 is 11.8 Å². The van der Waals surface area contributed by atoms with Gasteiger partial charge in [0, 0.05) is 23.3 Å². The molecule has 5 aromatic carbocycles. The first kappa shape index (κ1) is 39.0. The zero-order valence-electron chi connectivity index (χ0n) is 31.7. The molecular formula is C47H50O8S. The number of fused-ring (bicyclic) bond motifs is 1. The minimum Gasteiger partial charge on any atom is -0.374 e. The van der Waals surface area contributed by atoms with Crippen molar-refractivity contribution in [2.24, 2.45) is 0 Å². The highest BCUT2D eigenvalue weighted by molar-refractivity contribution is 7.99. The van der Waals surface area contributed by atoms with Crippen LogP contribution in [-0.2, 0) is 57.7 Å². The van der Waals surface area contributed by atoms with Crippen LogP contribution < -0.4 is 0 Å². The number of thioether (sulfide) groups is 1. The van der Waals surface area contributed by atoms with Crippen LogP contribution in [0.4, 0.5) is 0 Å². The third kappa shape index (κ3) is 10.5. The number of aryl methyl sites for hydroxylation is 1. The molecule has 0 spiro atoms. The van der Waals surface area contributed by atoms with E-state index >= 15 is 0 Å². The van der Waals surface area contributed by atoms with Crippen LogP contribution in [0.25, 0.3) is 0 Å². The third-order valence-electron chi connectivity index (χ3n) is 10.3. The summed E-state index contributed by atoms with van der Waals surface area (Å²) >= 11 is 1.70. The van der Waals surface area contributed by atoms with E-state index in [1.54, 1.807) is 11.8 Å². The largest absolute Gasteiger partial charge is 0.374 e. The van der Waals surface area contributed by atoms with E-state index in [1.165, 1.54) is 5.56 Å². The number of rotatable bonds is 15. The lowest BCUT2D eigenvalue weighted by Crippen LogP contribution is -2.59. The molecule has 3 aliphatic heterocycles.